The number of benzene rings is 2. The molecule has 39 heavy (non-hydrogen) atoms. The molecule has 1 fully saturated rings. The standard InChI is InChI=1S/C29H24F7NO2/c1-16(19-10-20(28(31,32)33)12-21(11-19)29(34,35)36)39-26-9-4-18-14-37(23-7-8-24(38)13-23)15-25(18)27(26)17-2-5-22(30)6-3-17/h2-6,9-13,16,18,25H,7-8,14-15H2,1H3/t16-,18-,25-/m1/s1. The summed E-state index contributed by atoms with van der Waals surface area (Å²) < 4.78 is 100. The van der Waals surface area contributed by atoms with Gasteiger partial charge in [0, 0.05) is 48.7 Å². The number of hydrogen-bond donors (Lipinski definition) is 0. The number of ketones is 1. The van der Waals surface area contributed by atoms with Crippen LogP contribution in [-0.2, 0) is 21.9 Å². The molecular weight excluding hydrogens is 527 g/mol. The molecule has 3 atom stereocenters. The molecule has 0 N–H and O–H groups in total. The van der Waals surface area contributed by atoms with Crippen molar-refractivity contribution in [1.29, 1.82) is 0 Å². The number of nitrogens with zero attached hydrogens (tertiary/aromatic N) is 1. The van der Waals surface area contributed by atoms with Gasteiger partial charge in [-0.1, -0.05) is 18.2 Å². The Morgan fingerprint density at radius 1 is 0.923 bits per heavy atom. The van der Waals surface area contributed by atoms with Gasteiger partial charge in [-0.2, -0.15) is 26.3 Å². The first kappa shape index (κ1) is 27.0. The molecule has 1 saturated heterocycles. The Labute approximate surface area is 220 Å². The van der Waals surface area contributed by atoms with E-state index in [-0.39, 0.29) is 29.2 Å². The van der Waals surface area contributed by atoms with Crippen LogP contribution in [0.3, 0.4) is 0 Å². The van der Waals surface area contributed by atoms with Crippen LogP contribution in [-0.4, -0.2) is 23.8 Å². The molecule has 0 spiro atoms. The first-order valence-electron chi connectivity index (χ1n) is 12.4. The van der Waals surface area contributed by atoms with Gasteiger partial charge in [0.05, 0.1) is 11.1 Å². The number of carbonyl (C=O) groups excluding carboxylic acids is 1. The lowest BCUT2D eigenvalue weighted by atomic mass is 9.80. The van der Waals surface area contributed by atoms with Gasteiger partial charge in [0.15, 0.2) is 5.78 Å². The molecular formula is C29H24F7NO2. The maximum absolute atomic E-state index is 13.7. The van der Waals surface area contributed by atoms with Crippen LogP contribution in [0.1, 0.15) is 48.1 Å². The lowest BCUT2D eigenvalue weighted by molar-refractivity contribution is -0.143. The van der Waals surface area contributed by atoms with Crippen molar-refractivity contribution in [2.45, 2.75) is 38.2 Å². The normalized spacial score (nSPS) is 22.3. The van der Waals surface area contributed by atoms with E-state index in [1.807, 2.05) is 6.08 Å². The number of allylic oxidation sites excluding steroid dienone is 3. The minimum atomic E-state index is -4.98. The number of hydrogen-bond acceptors (Lipinski definition) is 3. The maximum Gasteiger partial charge on any atom is 0.416 e. The fraction of sp³-hybridized carbons (Fsp3) is 0.345. The second-order valence-electron chi connectivity index (χ2n) is 10.0. The zero-order valence-electron chi connectivity index (χ0n) is 20.7. The Bertz CT molecular complexity index is 1340. The SMILES string of the molecule is C[C@@H](OC1=C(c2ccc(F)cc2)[C@@H]2CN(C3=CC(=O)CC3)C[C@H]2C=C1)c1cc(C(F)(F)F)cc(C(F)(F)F)c1. The average molecular weight is 552 g/mol. The summed E-state index contributed by atoms with van der Waals surface area (Å²) in [5.41, 5.74) is -0.857. The van der Waals surface area contributed by atoms with Crippen molar-refractivity contribution in [2.24, 2.45) is 11.8 Å². The smallest absolute Gasteiger partial charge is 0.416 e. The van der Waals surface area contributed by atoms with Crippen molar-refractivity contribution in [1.82, 2.24) is 4.90 Å². The molecule has 1 heterocycles. The number of carbonyl (C=O) groups is 1. The van der Waals surface area contributed by atoms with E-state index < -0.39 is 35.4 Å². The lowest BCUT2D eigenvalue weighted by Gasteiger charge is -2.28. The monoisotopic (exact) mass is 551 g/mol. The molecule has 0 unspecified atom stereocenters. The molecule has 2 aromatic rings. The summed E-state index contributed by atoms with van der Waals surface area (Å²) in [4.78, 5) is 13.9. The van der Waals surface area contributed by atoms with Crippen molar-refractivity contribution in [3.8, 4) is 0 Å². The molecule has 0 radical (unpaired) electrons. The van der Waals surface area contributed by atoms with E-state index >= 15 is 0 Å². The van der Waals surface area contributed by atoms with Gasteiger partial charge in [0.25, 0.3) is 0 Å². The van der Waals surface area contributed by atoms with E-state index in [1.54, 1.807) is 24.3 Å². The van der Waals surface area contributed by atoms with Gasteiger partial charge in [0.2, 0.25) is 0 Å². The summed E-state index contributed by atoms with van der Waals surface area (Å²) in [6.07, 6.45) is -4.82. The minimum absolute atomic E-state index is 0.0229. The van der Waals surface area contributed by atoms with E-state index in [0.717, 1.165) is 5.70 Å². The van der Waals surface area contributed by atoms with E-state index in [1.165, 1.54) is 19.1 Å². The molecule has 5 rings (SSSR count). The second-order valence-corrected chi connectivity index (χ2v) is 10.0. The second kappa shape index (κ2) is 9.88. The summed E-state index contributed by atoms with van der Waals surface area (Å²) >= 11 is 0. The minimum Gasteiger partial charge on any atom is -0.486 e. The summed E-state index contributed by atoms with van der Waals surface area (Å²) in [5, 5.41) is 0. The molecule has 3 nitrogen and oxygen atoms in total. The van der Waals surface area contributed by atoms with Crippen LogP contribution < -0.4 is 0 Å². The largest absolute Gasteiger partial charge is 0.486 e. The van der Waals surface area contributed by atoms with E-state index in [0.29, 0.717) is 55.0 Å². The van der Waals surface area contributed by atoms with Crippen LogP contribution in [0.4, 0.5) is 30.7 Å². The Hall–Kier alpha value is -3.56. The molecule has 2 aromatic carbocycles. The molecule has 3 aliphatic rings. The molecule has 0 amide bonds. The average Bonchev–Trinajstić information content (AvgIpc) is 3.49. The van der Waals surface area contributed by atoms with Crippen molar-refractivity contribution in [3.05, 3.63) is 100 Å². The van der Waals surface area contributed by atoms with Crippen LogP contribution in [0, 0.1) is 17.7 Å². The highest BCUT2D eigenvalue weighted by Crippen LogP contribution is 2.45. The third-order valence-corrected chi connectivity index (χ3v) is 7.40. The summed E-state index contributed by atoms with van der Waals surface area (Å²) in [6, 6.07) is 7.11. The van der Waals surface area contributed by atoms with Crippen LogP contribution in [0.2, 0.25) is 0 Å². The van der Waals surface area contributed by atoms with Crippen LogP contribution in [0.25, 0.3) is 5.57 Å². The summed E-state index contributed by atoms with van der Waals surface area (Å²) in [7, 11) is 0. The van der Waals surface area contributed by atoms with E-state index in [4.69, 9.17) is 4.74 Å². The molecule has 10 heteroatoms. The third-order valence-electron chi connectivity index (χ3n) is 7.40. The van der Waals surface area contributed by atoms with Crippen LogP contribution in [0.15, 0.2) is 72.1 Å². The maximum atomic E-state index is 13.7. The fourth-order valence-corrected chi connectivity index (χ4v) is 5.44. The Balaban J connectivity index is 1.52. The Morgan fingerprint density at radius 3 is 2.13 bits per heavy atom. The molecule has 0 bridgehead atoms. The van der Waals surface area contributed by atoms with Gasteiger partial charge in [-0.05, 0) is 60.9 Å². The van der Waals surface area contributed by atoms with Gasteiger partial charge in [0.1, 0.15) is 17.7 Å². The zero-order valence-corrected chi connectivity index (χ0v) is 20.7. The van der Waals surface area contributed by atoms with Crippen LogP contribution >= 0.6 is 0 Å². The zero-order chi connectivity index (χ0) is 28.1. The number of ether oxygens (including phenoxy) is 1. The van der Waals surface area contributed by atoms with Gasteiger partial charge in [-0.3, -0.25) is 4.79 Å². The highest BCUT2D eigenvalue weighted by Gasteiger charge is 2.40. The highest BCUT2D eigenvalue weighted by atomic mass is 19.4. The first-order chi connectivity index (χ1) is 18.3. The third kappa shape index (κ3) is 5.60. The van der Waals surface area contributed by atoms with E-state index in [2.05, 4.69) is 4.90 Å². The van der Waals surface area contributed by atoms with Gasteiger partial charge in [-0.15, -0.1) is 0 Å². The van der Waals surface area contributed by atoms with Gasteiger partial charge in [-0.25, -0.2) is 4.39 Å². The molecule has 206 valence electrons. The predicted octanol–water partition coefficient (Wildman–Crippen LogP) is 7.72. The lowest BCUT2D eigenvalue weighted by Crippen LogP contribution is -2.20. The van der Waals surface area contributed by atoms with E-state index in [9.17, 15) is 35.5 Å². The highest BCUT2D eigenvalue weighted by molar-refractivity contribution is 5.92. The number of halogens is 7. The van der Waals surface area contributed by atoms with Crippen molar-refractivity contribution < 1.29 is 40.3 Å². The van der Waals surface area contributed by atoms with Gasteiger partial charge < -0.3 is 9.64 Å². The topological polar surface area (TPSA) is 29.5 Å². The van der Waals surface area contributed by atoms with Gasteiger partial charge >= 0.3 is 12.4 Å². The molecule has 0 aromatic heterocycles. The molecule has 2 aliphatic carbocycles. The van der Waals surface area contributed by atoms with Crippen molar-refractivity contribution in [3.63, 3.8) is 0 Å². The predicted molar refractivity (Wildman–Crippen MR) is 129 cm³/mol. The van der Waals surface area contributed by atoms with Crippen LogP contribution in [0.5, 0.6) is 0 Å². The van der Waals surface area contributed by atoms with Crippen molar-refractivity contribution in [2.75, 3.05) is 13.1 Å². The number of rotatable bonds is 5. The summed E-state index contributed by atoms with van der Waals surface area (Å²) in [5.74, 6) is -0.229. The Morgan fingerprint density at radius 2 is 1.56 bits per heavy atom. The number of likely N-dealkylation sites (tertiary alicyclic amines) is 1. The number of alkyl halides is 6. The van der Waals surface area contributed by atoms with Crippen molar-refractivity contribution >= 4 is 11.4 Å². The Kier molecular flexibility index (Phi) is 6.84. The molecule has 1 aliphatic heterocycles. The number of fused-ring (bicyclic) bond motifs is 1. The quantitative estimate of drug-likeness (QED) is 0.357. The fourth-order valence-electron chi connectivity index (χ4n) is 5.44. The summed E-state index contributed by atoms with van der Waals surface area (Å²) in [6.45, 7) is 2.56. The first-order valence-corrected chi connectivity index (χ1v) is 12.4. The molecule has 0 saturated carbocycles.